The van der Waals surface area contributed by atoms with Gasteiger partial charge in [0.15, 0.2) is 0 Å². The molecule has 1 amide bonds. The Kier molecular flexibility index (Phi) is 7.28. The molecule has 0 saturated carbocycles. The highest BCUT2D eigenvalue weighted by atomic mass is 32.2. The molecule has 1 heterocycles. The first-order valence-electron chi connectivity index (χ1n) is 10.2. The van der Waals surface area contributed by atoms with E-state index in [4.69, 9.17) is 0 Å². The van der Waals surface area contributed by atoms with E-state index < -0.39 is 10.0 Å². The van der Waals surface area contributed by atoms with Crippen LogP contribution in [0.15, 0.2) is 53.4 Å². The first-order chi connectivity index (χ1) is 13.9. The van der Waals surface area contributed by atoms with Crippen molar-refractivity contribution in [1.29, 1.82) is 0 Å². The lowest BCUT2D eigenvalue weighted by molar-refractivity contribution is -0.114. The van der Waals surface area contributed by atoms with Crippen molar-refractivity contribution in [3.63, 3.8) is 0 Å². The molecule has 1 fully saturated rings. The van der Waals surface area contributed by atoms with Crippen LogP contribution in [0.4, 0.5) is 11.4 Å². The Morgan fingerprint density at radius 2 is 1.55 bits per heavy atom. The normalized spacial score (nSPS) is 15.0. The Morgan fingerprint density at radius 3 is 2.14 bits per heavy atom. The molecular weight excluding hydrogens is 386 g/mol. The second kappa shape index (κ2) is 9.89. The van der Waals surface area contributed by atoms with Gasteiger partial charge in [0.25, 0.3) is 0 Å². The first kappa shape index (κ1) is 21.3. The molecule has 156 valence electrons. The molecule has 3 rings (SSSR count). The summed E-state index contributed by atoms with van der Waals surface area (Å²) in [5.74, 6) is -0.194. The number of nitrogens with zero attached hydrogens (tertiary/aromatic N) is 1. The van der Waals surface area contributed by atoms with Gasteiger partial charge in [-0.05, 0) is 61.2 Å². The van der Waals surface area contributed by atoms with Crippen LogP contribution in [0, 0.1) is 0 Å². The van der Waals surface area contributed by atoms with Gasteiger partial charge in [0.1, 0.15) is 0 Å². The van der Waals surface area contributed by atoms with Crippen LogP contribution < -0.4 is 14.9 Å². The Balaban J connectivity index is 1.52. The smallest absolute Gasteiger partial charge is 0.240 e. The summed E-state index contributed by atoms with van der Waals surface area (Å²) < 4.78 is 27.5. The highest BCUT2D eigenvalue weighted by molar-refractivity contribution is 7.89. The van der Waals surface area contributed by atoms with Crippen molar-refractivity contribution in [1.82, 2.24) is 4.72 Å². The lowest BCUT2D eigenvalue weighted by atomic mass is 10.1. The Morgan fingerprint density at radius 1 is 0.931 bits per heavy atom. The van der Waals surface area contributed by atoms with Crippen molar-refractivity contribution < 1.29 is 13.2 Å². The van der Waals surface area contributed by atoms with Crippen LogP contribution in [0.1, 0.15) is 38.2 Å². The van der Waals surface area contributed by atoms with E-state index in [2.05, 4.69) is 39.2 Å². The molecule has 7 heteroatoms. The van der Waals surface area contributed by atoms with Gasteiger partial charge < -0.3 is 10.2 Å². The quantitative estimate of drug-likeness (QED) is 0.725. The van der Waals surface area contributed by atoms with Gasteiger partial charge >= 0.3 is 0 Å². The van der Waals surface area contributed by atoms with Gasteiger partial charge in [-0.15, -0.1) is 0 Å². The van der Waals surface area contributed by atoms with E-state index in [0.29, 0.717) is 18.7 Å². The lowest BCUT2D eigenvalue weighted by Gasteiger charge is -2.22. The van der Waals surface area contributed by atoms with Crippen molar-refractivity contribution in [3.8, 4) is 0 Å². The minimum atomic E-state index is -3.58. The third kappa shape index (κ3) is 6.30. The Labute approximate surface area is 173 Å². The fourth-order valence-electron chi connectivity index (χ4n) is 3.54. The second-order valence-electron chi connectivity index (χ2n) is 7.42. The molecular formula is C22H29N3O3S. The van der Waals surface area contributed by atoms with Gasteiger partial charge in [-0.25, -0.2) is 13.1 Å². The number of hydrogen-bond acceptors (Lipinski definition) is 4. The second-order valence-corrected chi connectivity index (χ2v) is 9.19. The van der Waals surface area contributed by atoms with Crippen molar-refractivity contribution in [2.45, 2.75) is 43.9 Å². The summed E-state index contributed by atoms with van der Waals surface area (Å²) in [6.07, 6.45) is 5.74. The van der Waals surface area contributed by atoms with E-state index in [1.54, 1.807) is 12.1 Å². The minimum absolute atomic E-state index is 0.183. The van der Waals surface area contributed by atoms with Crippen molar-refractivity contribution >= 4 is 27.3 Å². The first-order valence-corrected chi connectivity index (χ1v) is 11.6. The maximum atomic E-state index is 12.4. The van der Waals surface area contributed by atoms with Crippen LogP contribution >= 0.6 is 0 Å². The highest BCUT2D eigenvalue weighted by Crippen LogP contribution is 2.20. The van der Waals surface area contributed by atoms with E-state index >= 15 is 0 Å². The number of carbonyl (C=O) groups excluding carboxylic acids is 1. The predicted molar refractivity (Wildman–Crippen MR) is 117 cm³/mol. The van der Waals surface area contributed by atoms with Gasteiger partial charge in [0.05, 0.1) is 4.90 Å². The molecule has 2 aromatic rings. The van der Waals surface area contributed by atoms with Crippen LogP contribution in [0.25, 0.3) is 0 Å². The summed E-state index contributed by atoms with van der Waals surface area (Å²) in [6.45, 7) is 3.96. The number of anilines is 2. The molecule has 0 aromatic heterocycles. The number of hydrogen-bond donors (Lipinski definition) is 2. The summed E-state index contributed by atoms with van der Waals surface area (Å²) in [6, 6.07) is 14.6. The zero-order valence-electron chi connectivity index (χ0n) is 16.9. The summed E-state index contributed by atoms with van der Waals surface area (Å²) in [5.41, 5.74) is 2.92. The molecule has 0 atom stereocenters. The number of benzene rings is 2. The van der Waals surface area contributed by atoms with E-state index in [1.165, 1.54) is 50.4 Å². The summed E-state index contributed by atoms with van der Waals surface area (Å²) in [7, 11) is -3.58. The van der Waals surface area contributed by atoms with Crippen LogP contribution in [0.2, 0.25) is 0 Å². The van der Waals surface area contributed by atoms with Gasteiger partial charge in [-0.3, -0.25) is 4.79 Å². The van der Waals surface area contributed by atoms with Gasteiger partial charge in [0.2, 0.25) is 15.9 Å². The van der Waals surface area contributed by atoms with E-state index in [1.807, 2.05) is 0 Å². The molecule has 0 unspecified atom stereocenters. The lowest BCUT2D eigenvalue weighted by Crippen LogP contribution is -2.26. The van der Waals surface area contributed by atoms with Crippen LogP contribution in [-0.2, 0) is 21.2 Å². The summed E-state index contributed by atoms with van der Waals surface area (Å²) >= 11 is 0. The summed E-state index contributed by atoms with van der Waals surface area (Å²) in [4.78, 5) is 13.7. The summed E-state index contributed by atoms with van der Waals surface area (Å²) in [5, 5.41) is 2.62. The van der Waals surface area contributed by atoms with Crippen LogP contribution in [0.5, 0.6) is 0 Å². The molecule has 2 N–H and O–H groups in total. The molecule has 0 radical (unpaired) electrons. The monoisotopic (exact) mass is 415 g/mol. The third-order valence-corrected chi connectivity index (χ3v) is 6.58. The predicted octanol–water partition coefficient (Wildman–Crippen LogP) is 3.55. The average molecular weight is 416 g/mol. The van der Waals surface area contributed by atoms with Crippen molar-refractivity contribution in [3.05, 3.63) is 54.1 Å². The standard InChI is InChI=1S/C22H29N3O3S/c1-18(26)24-20-8-12-22(13-9-20)29(27,28)23-15-14-19-6-10-21(11-7-19)25-16-4-2-3-5-17-25/h6-13,23H,2-5,14-17H2,1H3,(H,24,26). The van der Waals surface area contributed by atoms with Gasteiger partial charge in [-0.2, -0.15) is 0 Å². The Bertz CT molecular complexity index is 901. The van der Waals surface area contributed by atoms with Gasteiger partial charge in [0, 0.05) is 37.9 Å². The zero-order valence-corrected chi connectivity index (χ0v) is 17.7. The van der Waals surface area contributed by atoms with Crippen LogP contribution in [-0.4, -0.2) is 34.0 Å². The highest BCUT2D eigenvalue weighted by Gasteiger charge is 2.14. The Hall–Kier alpha value is -2.38. The maximum absolute atomic E-state index is 12.4. The number of nitrogens with one attached hydrogen (secondary N) is 2. The number of carbonyl (C=O) groups is 1. The minimum Gasteiger partial charge on any atom is -0.372 e. The van der Waals surface area contributed by atoms with E-state index in [-0.39, 0.29) is 10.8 Å². The van der Waals surface area contributed by atoms with Crippen LogP contribution in [0.3, 0.4) is 0 Å². The van der Waals surface area contributed by atoms with Crippen molar-refractivity contribution in [2.75, 3.05) is 29.9 Å². The number of sulfonamides is 1. The zero-order chi connectivity index (χ0) is 20.7. The van der Waals surface area contributed by atoms with Crippen molar-refractivity contribution in [2.24, 2.45) is 0 Å². The SMILES string of the molecule is CC(=O)Nc1ccc(S(=O)(=O)NCCc2ccc(N3CCCCCC3)cc2)cc1. The van der Waals surface area contributed by atoms with E-state index in [0.717, 1.165) is 18.7 Å². The number of amides is 1. The fourth-order valence-corrected chi connectivity index (χ4v) is 4.57. The van der Waals surface area contributed by atoms with E-state index in [9.17, 15) is 13.2 Å². The molecule has 0 spiro atoms. The third-order valence-electron chi connectivity index (χ3n) is 5.10. The van der Waals surface area contributed by atoms with Gasteiger partial charge in [-0.1, -0.05) is 25.0 Å². The molecule has 1 saturated heterocycles. The maximum Gasteiger partial charge on any atom is 0.240 e. The molecule has 6 nitrogen and oxygen atoms in total. The molecule has 1 aliphatic rings. The largest absolute Gasteiger partial charge is 0.372 e. The molecule has 1 aliphatic heterocycles. The number of rotatable bonds is 7. The average Bonchev–Trinajstić information content (AvgIpc) is 2.98. The molecule has 0 aliphatic carbocycles. The topological polar surface area (TPSA) is 78.5 Å². The molecule has 2 aromatic carbocycles. The molecule has 0 bridgehead atoms. The molecule has 29 heavy (non-hydrogen) atoms. The fraction of sp³-hybridized carbons (Fsp3) is 0.409.